The van der Waals surface area contributed by atoms with Crippen LogP contribution in [0.25, 0.3) is 21.7 Å². The van der Waals surface area contributed by atoms with Crippen LogP contribution in [0.2, 0.25) is 0 Å². The van der Waals surface area contributed by atoms with Gasteiger partial charge in [0.05, 0.1) is 15.9 Å². The fourth-order valence-corrected chi connectivity index (χ4v) is 3.40. The highest BCUT2D eigenvalue weighted by Gasteiger charge is 2.23. The summed E-state index contributed by atoms with van der Waals surface area (Å²) in [6.07, 6.45) is 0. The van der Waals surface area contributed by atoms with Crippen molar-refractivity contribution in [3.05, 3.63) is 29.6 Å². The molecule has 5 nitrogen and oxygen atoms in total. The van der Waals surface area contributed by atoms with Gasteiger partial charge in [0.25, 0.3) is 0 Å². The van der Waals surface area contributed by atoms with Gasteiger partial charge < -0.3 is 19.8 Å². The Morgan fingerprint density at radius 1 is 1.32 bits per heavy atom. The molecule has 3 heterocycles. The van der Waals surface area contributed by atoms with E-state index in [9.17, 15) is 0 Å². The topological polar surface area (TPSA) is 62.3 Å². The second-order valence-corrected chi connectivity index (χ2v) is 7.13. The first-order valence-corrected chi connectivity index (χ1v) is 8.02. The van der Waals surface area contributed by atoms with Gasteiger partial charge in [-0.3, -0.25) is 0 Å². The van der Waals surface area contributed by atoms with E-state index in [-0.39, 0.29) is 12.3 Å². The molecule has 0 fully saturated rings. The summed E-state index contributed by atoms with van der Waals surface area (Å²) in [7, 11) is 0. The number of imidazole rings is 1. The number of nitrogens with zero attached hydrogens (tertiary/aromatic N) is 2. The highest BCUT2D eigenvalue weighted by Crippen LogP contribution is 2.38. The van der Waals surface area contributed by atoms with Gasteiger partial charge in [0.2, 0.25) is 6.79 Å². The van der Waals surface area contributed by atoms with Crippen LogP contribution in [0.5, 0.6) is 11.5 Å². The summed E-state index contributed by atoms with van der Waals surface area (Å²) in [5, 5.41) is 2.05. The zero-order valence-corrected chi connectivity index (χ0v) is 13.3. The number of hydrogen-bond acceptors (Lipinski definition) is 5. The molecule has 0 radical (unpaired) electrons. The third kappa shape index (κ3) is 2.24. The monoisotopic (exact) mass is 315 g/mol. The highest BCUT2D eigenvalue weighted by atomic mass is 32.1. The van der Waals surface area contributed by atoms with Crippen molar-refractivity contribution in [2.75, 3.05) is 6.79 Å². The van der Waals surface area contributed by atoms with Gasteiger partial charge in [0.15, 0.2) is 17.3 Å². The summed E-state index contributed by atoms with van der Waals surface area (Å²) in [4.78, 5) is 5.93. The van der Waals surface area contributed by atoms with Crippen molar-refractivity contribution in [3.8, 4) is 22.2 Å². The molecular formula is C16H17N3O2S. The second-order valence-electron chi connectivity index (χ2n) is 6.18. The quantitative estimate of drug-likeness (QED) is 0.806. The Balaban J connectivity index is 1.96. The molecule has 1 aliphatic heterocycles. The van der Waals surface area contributed by atoms with Crippen LogP contribution in [0.15, 0.2) is 29.6 Å². The average molecular weight is 315 g/mol. The number of rotatable bonds is 3. The minimum absolute atomic E-state index is 0.266. The normalized spacial score (nSPS) is 14.0. The zero-order valence-electron chi connectivity index (χ0n) is 12.5. The Hall–Kier alpha value is -2.05. The van der Waals surface area contributed by atoms with Crippen LogP contribution >= 0.6 is 11.3 Å². The molecule has 0 atom stereocenters. The zero-order chi connectivity index (χ0) is 15.3. The summed E-state index contributed by atoms with van der Waals surface area (Å²) in [5.74, 6) is 2.45. The molecule has 4 rings (SSSR count). The molecule has 0 unspecified atom stereocenters. The predicted molar refractivity (Wildman–Crippen MR) is 87.4 cm³/mol. The second kappa shape index (κ2) is 4.72. The number of nitrogens with two attached hydrogens (primary N) is 1. The lowest BCUT2D eigenvalue weighted by atomic mass is 10.1. The fraction of sp³-hybridized carbons (Fsp3) is 0.312. The largest absolute Gasteiger partial charge is 0.454 e. The Bertz CT molecular complexity index is 831. The molecular weight excluding hydrogens is 298 g/mol. The smallest absolute Gasteiger partial charge is 0.231 e. The van der Waals surface area contributed by atoms with Crippen molar-refractivity contribution in [1.29, 1.82) is 0 Å². The van der Waals surface area contributed by atoms with E-state index in [1.54, 1.807) is 11.3 Å². The van der Waals surface area contributed by atoms with E-state index in [4.69, 9.17) is 20.2 Å². The van der Waals surface area contributed by atoms with Crippen molar-refractivity contribution in [2.45, 2.75) is 25.9 Å². The lowest BCUT2D eigenvalue weighted by molar-refractivity contribution is 0.174. The molecule has 3 aromatic rings. The van der Waals surface area contributed by atoms with Gasteiger partial charge in [0.1, 0.15) is 0 Å². The third-order valence-electron chi connectivity index (χ3n) is 3.55. The summed E-state index contributed by atoms with van der Waals surface area (Å²) in [6, 6.07) is 8.04. The van der Waals surface area contributed by atoms with E-state index < -0.39 is 0 Å². The van der Waals surface area contributed by atoms with E-state index in [1.165, 1.54) is 0 Å². The number of hydrogen-bond donors (Lipinski definition) is 1. The highest BCUT2D eigenvalue weighted by molar-refractivity contribution is 7.13. The van der Waals surface area contributed by atoms with Crippen LogP contribution in [0.1, 0.15) is 13.8 Å². The molecule has 2 N–H and O–H groups in total. The van der Waals surface area contributed by atoms with Crippen LogP contribution in [-0.2, 0) is 6.54 Å². The van der Waals surface area contributed by atoms with Crippen molar-refractivity contribution >= 4 is 22.4 Å². The molecule has 0 bridgehead atoms. The van der Waals surface area contributed by atoms with Crippen LogP contribution in [0, 0.1) is 0 Å². The van der Waals surface area contributed by atoms with Crippen LogP contribution in [0.4, 0.5) is 0 Å². The minimum Gasteiger partial charge on any atom is -0.454 e. The first-order chi connectivity index (χ1) is 10.5. The molecule has 6 heteroatoms. The summed E-state index contributed by atoms with van der Waals surface area (Å²) in [5.41, 5.74) is 7.83. The SMILES string of the molecule is CC(C)(N)Cn1c(-c2cccs2)nc2cc3c(cc21)OCO3. The molecule has 2 aromatic heterocycles. The van der Waals surface area contributed by atoms with Crippen molar-refractivity contribution < 1.29 is 9.47 Å². The van der Waals surface area contributed by atoms with Gasteiger partial charge in [-0.1, -0.05) is 6.07 Å². The van der Waals surface area contributed by atoms with Crippen molar-refractivity contribution in [2.24, 2.45) is 5.73 Å². The molecule has 0 saturated carbocycles. The Kier molecular flexibility index (Phi) is 2.92. The standard InChI is InChI=1S/C16H17N3O2S/c1-16(2,17)8-19-11-7-13-12(20-9-21-13)6-10(11)18-15(19)14-4-3-5-22-14/h3-7H,8-9,17H2,1-2H3. The lowest BCUT2D eigenvalue weighted by Gasteiger charge is -2.21. The number of aromatic nitrogens is 2. The van der Waals surface area contributed by atoms with Crippen molar-refractivity contribution in [1.82, 2.24) is 9.55 Å². The predicted octanol–water partition coefficient (Wildman–Crippen LogP) is 3.23. The third-order valence-corrected chi connectivity index (χ3v) is 4.42. The molecule has 1 aliphatic rings. The molecule has 0 saturated heterocycles. The summed E-state index contributed by atoms with van der Waals surface area (Å²) in [6.45, 7) is 4.98. The van der Waals surface area contributed by atoms with Gasteiger partial charge >= 0.3 is 0 Å². The summed E-state index contributed by atoms with van der Waals surface area (Å²) < 4.78 is 13.1. The fourth-order valence-electron chi connectivity index (χ4n) is 2.68. The number of ether oxygens (including phenoxy) is 2. The maximum Gasteiger partial charge on any atom is 0.231 e. The van der Waals surface area contributed by atoms with Gasteiger partial charge in [-0.2, -0.15) is 0 Å². The first kappa shape index (κ1) is 13.6. The van der Waals surface area contributed by atoms with Crippen molar-refractivity contribution in [3.63, 3.8) is 0 Å². The average Bonchev–Trinajstić information content (AvgIpc) is 3.14. The molecule has 22 heavy (non-hydrogen) atoms. The maximum absolute atomic E-state index is 6.25. The molecule has 114 valence electrons. The van der Waals surface area contributed by atoms with E-state index in [0.29, 0.717) is 6.54 Å². The Morgan fingerprint density at radius 3 is 2.77 bits per heavy atom. The number of fused-ring (bicyclic) bond motifs is 2. The number of thiophene rings is 1. The van der Waals surface area contributed by atoms with Crippen LogP contribution in [-0.4, -0.2) is 21.9 Å². The maximum atomic E-state index is 6.25. The van der Waals surface area contributed by atoms with Crippen LogP contribution < -0.4 is 15.2 Å². The Labute approximate surface area is 132 Å². The molecule has 0 spiro atoms. The molecule has 0 amide bonds. The van der Waals surface area contributed by atoms with Gasteiger partial charge in [-0.05, 0) is 25.3 Å². The van der Waals surface area contributed by atoms with Crippen LogP contribution in [0.3, 0.4) is 0 Å². The van der Waals surface area contributed by atoms with E-state index in [2.05, 4.69) is 16.0 Å². The van der Waals surface area contributed by atoms with E-state index in [1.807, 2.05) is 32.0 Å². The van der Waals surface area contributed by atoms with E-state index >= 15 is 0 Å². The summed E-state index contributed by atoms with van der Waals surface area (Å²) >= 11 is 1.67. The molecule has 0 aliphatic carbocycles. The van der Waals surface area contributed by atoms with Gasteiger partial charge in [-0.15, -0.1) is 11.3 Å². The van der Waals surface area contributed by atoms with Gasteiger partial charge in [0, 0.05) is 24.2 Å². The Morgan fingerprint density at radius 2 is 2.09 bits per heavy atom. The molecule has 1 aromatic carbocycles. The number of benzene rings is 1. The van der Waals surface area contributed by atoms with E-state index in [0.717, 1.165) is 33.2 Å². The minimum atomic E-state index is -0.337. The lowest BCUT2D eigenvalue weighted by Crippen LogP contribution is -2.37. The first-order valence-electron chi connectivity index (χ1n) is 7.14. The van der Waals surface area contributed by atoms with Gasteiger partial charge in [-0.25, -0.2) is 4.98 Å².